The molecule has 0 aliphatic heterocycles. The van der Waals surface area contributed by atoms with E-state index in [1.54, 1.807) is 0 Å². The van der Waals surface area contributed by atoms with E-state index in [4.69, 9.17) is 0 Å². The lowest BCUT2D eigenvalue weighted by Crippen LogP contribution is -2.51. The van der Waals surface area contributed by atoms with Crippen molar-refractivity contribution in [1.82, 2.24) is 14.9 Å². The third-order valence-electron chi connectivity index (χ3n) is 4.70. The Labute approximate surface area is 123 Å². The van der Waals surface area contributed by atoms with E-state index in [1.165, 1.54) is 25.7 Å². The fourth-order valence-corrected chi connectivity index (χ4v) is 4.14. The SMILES string of the molecule is CN(C)C1(CNS(=O)(=O)CCCNC2CC2)CCCC1. The van der Waals surface area contributed by atoms with Gasteiger partial charge in [-0.25, -0.2) is 13.1 Å². The van der Waals surface area contributed by atoms with Crippen LogP contribution in [0.25, 0.3) is 0 Å². The summed E-state index contributed by atoms with van der Waals surface area (Å²) in [6.45, 7) is 1.36. The van der Waals surface area contributed by atoms with E-state index in [9.17, 15) is 8.42 Å². The second kappa shape index (κ2) is 6.73. The van der Waals surface area contributed by atoms with Gasteiger partial charge in [-0.15, -0.1) is 0 Å². The van der Waals surface area contributed by atoms with Crippen molar-refractivity contribution in [1.29, 1.82) is 0 Å². The van der Waals surface area contributed by atoms with Crippen LogP contribution < -0.4 is 10.0 Å². The highest BCUT2D eigenvalue weighted by atomic mass is 32.2. The van der Waals surface area contributed by atoms with Crippen LogP contribution in [0.1, 0.15) is 44.9 Å². The van der Waals surface area contributed by atoms with Crippen molar-refractivity contribution >= 4 is 10.0 Å². The second-order valence-corrected chi connectivity index (χ2v) is 8.47. The maximum Gasteiger partial charge on any atom is 0.211 e. The van der Waals surface area contributed by atoms with Crippen LogP contribution in [0.4, 0.5) is 0 Å². The summed E-state index contributed by atoms with van der Waals surface area (Å²) in [5, 5.41) is 3.35. The van der Waals surface area contributed by atoms with Crippen LogP contribution in [0.2, 0.25) is 0 Å². The van der Waals surface area contributed by atoms with Gasteiger partial charge in [-0.1, -0.05) is 12.8 Å². The fraction of sp³-hybridized carbons (Fsp3) is 1.00. The summed E-state index contributed by atoms with van der Waals surface area (Å²) in [5.74, 6) is 0.232. The van der Waals surface area contributed by atoms with E-state index >= 15 is 0 Å². The van der Waals surface area contributed by atoms with Crippen molar-refractivity contribution in [2.45, 2.75) is 56.5 Å². The van der Waals surface area contributed by atoms with Crippen LogP contribution >= 0.6 is 0 Å². The number of rotatable bonds is 9. The van der Waals surface area contributed by atoms with E-state index in [0.29, 0.717) is 19.0 Å². The van der Waals surface area contributed by atoms with Gasteiger partial charge in [-0.05, 0) is 52.7 Å². The van der Waals surface area contributed by atoms with Crippen LogP contribution in [0.3, 0.4) is 0 Å². The smallest absolute Gasteiger partial charge is 0.211 e. The van der Waals surface area contributed by atoms with E-state index in [1.807, 2.05) is 0 Å². The maximum atomic E-state index is 12.1. The molecule has 2 saturated carbocycles. The number of hydrogen-bond donors (Lipinski definition) is 2. The lowest BCUT2D eigenvalue weighted by molar-refractivity contribution is 0.162. The van der Waals surface area contributed by atoms with Crippen molar-refractivity contribution < 1.29 is 8.42 Å². The number of nitrogens with zero attached hydrogens (tertiary/aromatic N) is 1. The maximum absolute atomic E-state index is 12.1. The van der Waals surface area contributed by atoms with Crippen LogP contribution in [-0.2, 0) is 10.0 Å². The van der Waals surface area contributed by atoms with Crippen molar-refractivity contribution in [3.63, 3.8) is 0 Å². The topological polar surface area (TPSA) is 61.4 Å². The van der Waals surface area contributed by atoms with E-state index in [0.717, 1.165) is 19.4 Å². The van der Waals surface area contributed by atoms with Gasteiger partial charge < -0.3 is 10.2 Å². The molecular weight excluding hydrogens is 274 g/mol. The quantitative estimate of drug-likeness (QED) is 0.622. The standard InChI is InChI=1S/C14H29N3O2S/c1-17(2)14(8-3-4-9-14)12-16-20(18,19)11-5-10-15-13-6-7-13/h13,15-16H,3-12H2,1-2H3. The Hall–Kier alpha value is -0.170. The molecule has 5 nitrogen and oxygen atoms in total. The summed E-state index contributed by atoms with van der Waals surface area (Å²) >= 11 is 0. The van der Waals surface area contributed by atoms with Crippen molar-refractivity contribution in [2.75, 3.05) is 32.9 Å². The Kier molecular flexibility index (Phi) is 5.45. The first-order valence-corrected chi connectivity index (χ1v) is 9.47. The van der Waals surface area contributed by atoms with Gasteiger partial charge >= 0.3 is 0 Å². The normalized spacial score (nSPS) is 22.6. The molecule has 2 N–H and O–H groups in total. The molecule has 0 unspecified atom stereocenters. The third kappa shape index (κ3) is 4.69. The highest BCUT2D eigenvalue weighted by molar-refractivity contribution is 7.89. The van der Waals surface area contributed by atoms with Gasteiger partial charge in [0.25, 0.3) is 0 Å². The first kappa shape index (κ1) is 16.2. The van der Waals surface area contributed by atoms with Crippen molar-refractivity contribution in [2.24, 2.45) is 0 Å². The molecule has 2 aliphatic carbocycles. The molecule has 0 bridgehead atoms. The molecule has 0 amide bonds. The fourth-order valence-electron chi connectivity index (χ4n) is 2.99. The largest absolute Gasteiger partial charge is 0.314 e. The highest BCUT2D eigenvalue weighted by Crippen LogP contribution is 2.33. The van der Waals surface area contributed by atoms with E-state index < -0.39 is 10.0 Å². The molecule has 0 radical (unpaired) electrons. The molecule has 0 atom stereocenters. The lowest BCUT2D eigenvalue weighted by Gasteiger charge is -2.36. The molecular formula is C14H29N3O2S. The van der Waals surface area contributed by atoms with E-state index in [-0.39, 0.29) is 11.3 Å². The van der Waals surface area contributed by atoms with Crippen molar-refractivity contribution in [3.05, 3.63) is 0 Å². The first-order valence-electron chi connectivity index (χ1n) is 7.82. The first-order chi connectivity index (χ1) is 9.44. The molecule has 6 heteroatoms. The van der Waals surface area contributed by atoms with Gasteiger partial charge in [-0.2, -0.15) is 0 Å². The molecule has 0 aromatic carbocycles. The Morgan fingerprint density at radius 3 is 2.40 bits per heavy atom. The van der Waals surface area contributed by atoms with Gasteiger partial charge in [-0.3, -0.25) is 0 Å². The second-order valence-electron chi connectivity index (χ2n) is 6.55. The van der Waals surface area contributed by atoms with Crippen LogP contribution in [-0.4, -0.2) is 57.8 Å². The van der Waals surface area contributed by atoms with Gasteiger partial charge in [0, 0.05) is 18.1 Å². The summed E-state index contributed by atoms with van der Waals surface area (Å²) in [6, 6.07) is 0.654. The zero-order valence-electron chi connectivity index (χ0n) is 12.8. The number of likely N-dealkylation sites (N-methyl/N-ethyl adjacent to an activating group) is 1. The Morgan fingerprint density at radius 2 is 1.85 bits per heavy atom. The van der Waals surface area contributed by atoms with E-state index in [2.05, 4.69) is 29.0 Å². The molecule has 2 aliphatic rings. The summed E-state index contributed by atoms with van der Waals surface area (Å²) < 4.78 is 26.9. The molecule has 118 valence electrons. The van der Waals surface area contributed by atoms with Gasteiger partial charge in [0.05, 0.1) is 5.75 Å². The molecule has 2 fully saturated rings. The average Bonchev–Trinajstić information content (AvgIpc) is 3.08. The summed E-state index contributed by atoms with van der Waals surface area (Å²) in [4.78, 5) is 2.19. The molecule has 0 saturated heterocycles. The monoisotopic (exact) mass is 303 g/mol. The van der Waals surface area contributed by atoms with Gasteiger partial charge in [0.15, 0.2) is 0 Å². The predicted molar refractivity (Wildman–Crippen MR) is 82.3 cm³/mol. The summed E-state index contributed by atoms with van der Waals surface area (Å²) in [6.07, 6.45) is 7.77. The average molecular weight is 303 g/mol. The molecule has 0 heterocycles. The Morgan fingerprint density at radius 1 is 1.20 bits per heavy atom. The predicted octanol–water partition coefficient (Wildman–Crippen LogP) is 0.922. The summed E-state index contributed by atoms with van der Waals surface area (Å²) in [7, 11) is 0.975. The molecule has 0 aromatic rings. The third-order valence-corrected chi connectivity index (χ3v) is 6.11. The van der Waals surface area contributed by atoms with Crippen molar-refractivity contribution in [3.8, 4) is 0 Å². The lowest BCUT2D eigenvalue weighted by atomic mass is 9.97. The number of sulfonamides is 1. The van der Waals surface area contributed by atoms with Crippen LogP contribution in [0.15, 0.2) is 0 Å². The zero-order chi connectivity index (χ0) is 14.6. The highest BCUT2D eigenvalue weighted by Gasteiger charge is 2.36. The minimum Gasteiger partial charge on any atom is -0.314 e. The molecule has 20 heavy (non-hydrogen) atoms. The molecule has 0 aromatic heterocycles. The van der Waals surface area contributed by atoms with Crippen LogP contribution in [0.5, 0.6) is 0 Å². The number of nitrogens with one attached hydrogen (secondary N) is 2. The minimum atomic E-state index is -3.13. The zero-order valence-corrected chi connectivity index (χ0v) is 13.6. The number of hydrogen-bond acceptors (Lipinski definition) is 4. The molecule has 0 spiro atoms. The summed E-state index contributed by atoms with van der Waals surface area (Å²) in [5.41, 5.74) is 0.0271. The minimum absolute atomic E-state index is 0.0271. The Balaban J connectivity index is 1.72. The van der Waals surface area contributed by atoms with Gasteiger partial charge in [0.2, 0.25) is 10.0 Å². The Bertz CT molecular complexity index is 399. The molecule has 2 rings (SSSR count). The van der Waals surface area contributed by atoms with Gasteiger partial charge in [0.1, 0.15) is 0 Å². The van der Waals surface area contributed by atoms with Crippen LogP contribution in [0, 0.1) is 0 Å².